The molecule has 1 heterocycles. The van der Waals surface area contributed by atoms with Gasteiger partial charge >= 0.3 is 0 Å². The van der Waals surface area contributed by atoms with Crippen LogP contribution in [-0.4, -0.2) is 52.1 Å². The molecule has 2 rings (SSSR count). The number of hydrogen-bond acceptors (Lipinski definition) is 5. The molecule has 0 saturated heterocycles. The van der Waals surface area contributed by atoms with Gasteiger partial charge < -0.3 is 15.4 Å². The third-order valence-corrected chi connectivity index (χ3v) is 3.31. The molecule has 0 unspecified atom stereocenters. The summed E-state index contributed by atoms with van der Waals surface area (Å²) in [6.45, 7) is 3.96. The molecule has 0 saturated carbocycles. The van der Waals surface area contributed by atoms with E-state index in [0.717, 1.165) is 11.0 Å². The van der Waals surface area contributed by atoms with E-state index in [1.807, 2.05) is 44.2 Å². The highest BCUT2D eigenvalue weighted by molar-refractivity contribution is 5.83. The monoisotopic (exact) mass is 327 g/mol. The van der Waals surface area contributed by atoms with Gasteiger partial charge in [-0.1, -0.05) is 12.1 Å². The van der Waals surface area contributed by atoms with Crippen LogP contribution in [0.3, 0.4) is 0 Å². The van der Waals surface area contributed by atoms with E-state index in [1.165, 1.54) is 0 Å². The largest absolute Gasteiger partial charge is 0.509 e. The highest BCUT2D eigenvalue weighted by atomic mass is 16.3. The standard InChI is InChI=1S/C17H21N5O2/c1-11(2)19-16(24)10-22(3)9-15(23)12(8-18)17-20-13-6-4-5-7-14(13)21-17/h4-7,11,23H,9-10H2,1-3H3,(H,19,24)(H,20,21)/b15-12-. The van der Waals surface area contributed by atoms with Crippen molar-refractivity contribution >= 4 is 22.5 Å². The van der Waals surface area contributed by atoms with Crippen LogP contribution < -0.4 is 5.32 Å². The van der Waals surface area contributed by atoms with Crippen molar-refractivity contribution in [1.29, 1.82) is 5.26 Å². The second kappa shape index (κ2) is 7.62. The van der Waals surface area contributed by atoms with Crippen LogP contribution in [0.2, 0.25) is 0 Å². The van der Waals surface area contributed by atoms with E-state index in [4.69, 9.17) is 0 Å². The van der Waals surface area contributed by atoms with Crippen molar-refractivity contribution in [3.63, 3.8) is 0 Å². The number of aromatic nitrogens is 2. The zero-order valence-electron chi connectivity index (χ0n) is 14.0. The highest BCUT2D eigenvalue weighted by Gasteiger charge is 2.16. The Morgan fingerprint density at radius 2 is 2.12 bits per heavy atom. The molecule has 0 atom stereocenters. The van der Waals surface area contributed by atoms with Crippen LogP contribution in [-0.2, 0) is 4.79 Å². The minimum absolute atomic E-state index is 0.0558. The molecule has 0 radical (unpaired) electrons. The second-order valence-electron chi connectivity index (χ2n) is 5.93. The number of rotatable bonds is 6. The number of allylic oxidation sites excluding steroid dienone is 1. The first kappa shape index (κ1) is 17.5. The summed E-state index contributed by atoms with van der Waals surface area (Å²) in [7, 11) is 1.70. The number of aliphatic hydroxyl groups excluding tert-OH is 1. The fourth-order valence-electron chi connectivity index (χ4n) is 2.33. The summed E-state index contributed by atoms with van der Waals surface area (Å²) in [5.74, 6) is 0.0511. The van der Waals surface area contributed by atoms with Gasteiger partial charge in [-0.15, -0.1) is 0 Å². The normalized spacial score (nSPS) is 12.3. The lowest BCUT2D eigenvalue weighted by Crippen LogP contribution is -2.39. The molecule has 24 heavy (non-hydrogen) atoms. The van der Waals surface area contributed by atoms with E-state index in [9.17, 15) is 15.2 Å². The number of carbonyl (C=O) groups is 1. The summed E-state index contributed by atoms with van der Waals surface area (Å²) < 4.78 is 0. The van der Waals surface area contributed by atoms with E-state index in [2.05, 4.69) is 15.3 Å². The first-order valence-corrected chi connectivity index (χ1v) is 7.66. The third kappa shape index (κ3) is 4.33. The number of para-hydroxylation sites is 2. The molecule has 126 valence electrons. The lowest BCUT2D eigenvalue weighted by atomic mass is 10.2. The van der Waals surface area contributed by atoms with Crippen molar-refractivity contribution in [2.45, 2.75) is 19.9 Å². The van der Waals surface area contributed by atoms with Crippen molar-refractivity contribution in [2.75, 3.05) is 20.1 Å². The number of nitriles is 1. The SMILES string of the molecule is CC(C)NC(=O)CN(C)C/C(O)=C(\C#N)c1nc2ccccc2[nH]1. The van der Waals surface area contributed by atoms with Gasteiger partial charge in [0.1, 0.15) is 17.4 Å². The number of H-pyrrole nitrogens is 1. The fourth-order valence-corrected chi connectivity index (χ4v) is 2.33. The van der Waals surface area contributed by atoms with Gasteiger partial charge in [0.15, 0.2) is 5.82 Å². The third-order valence-electron chi connectivity index (χ3n) is 3.31. The molecule has 7 heteroatoms. The van der Waals surface area contributed by atoms with E-state index in [-0.39, 0.29) is 36.4 Å². The molecule has 0 aliphatic rings. The van der Waals surface area contributed by atoms with E-state index in [1.54, 1.807) is 11.9 Å². The van der Waals surface area contributed by atoms with Crippen molar-refractivity contribution in [3.05, 3.63) is 35.8 Å². The number of carbonyl (C=O) groups excluding carboxylic acids is 1. The highest BCUT2D eigenvalue weighted by Crippen LogP contribution is 2.18. The summed E-state index contributed by atoms with van der Waals surface area (Å²) in [5, 5.41) is 22.4. The Hall–Kier alpha value is -2.85. The Bertz CT molecular complexity index is 768. The van der Waals surface area contributed by atoms with Crippen LogP contribution in [0.25, 0.3) is 16.6 Å². The number of nitrogens with one attached hydrogen (secondary N) is 2. The number of imidazole rings is 1. The Morgan fingerprint density at radius 1 is 1.42 bits per heavy atom. The molecule has 1 aromatic carbocycles. The first-order chi connectivity index (χ1) is 11.4. The molecule has 0 bridgehead atoms. The molecule has 3 N–H and O–H groups in total. The fraction of sp³-hybridized carbons (Fsp3) is 0.353. The number of fused-ring (bicyclic) bond motifs is 1. The Morgan fingerprint density at radius 3 is 2.75 bits per heavy atom. The lowest BCUT2D eigenvalue weighted by molar-refractivity contribution is -0.122. The molecule has 0 aliphatic heterocycles. The summed E-state index contributed by atoms with van der Waals surface area (Å²) in [6, 6.07) is 9.42. The maximum Gasteiger partial charge on any atom is 0.234 e. The van der Waals surface area contributed by atoms with Crippen LogP contribution in [0.5, 0.6) is 0 Å². The van der Waals surface area contributed by atoms with Crippen molar-refractivity contribution in [1.82, 2.24) is 20.2 Å². The van der Waals surface area contributed by atoms with Gasteiger partial charge in [0, 0.05) is 6.04 Å². The summed E-state index contributed by atoms with van der Waals surface area (Å²) in [4.78, 5) is 20.7. The predicted octanol–water partition coefficient (Wildman–Crippen LogP) is 1.81. The van der Waals surface area contributed by atoms with E-state index in [0.29, 0.717) is 5.82 Å². The lowest BCUT2D eigenvalue weighted by Gasteiger charge is -2.17. The smallest absolute Gasteiger partial charge is 0.234 e. The van der Waals surface area contributed by atoms with E-state index >= 15 is 0 Å². The molecule has 0 fully saturated rings. The maximum atomic E-state index is 11.7. The zero-order chi connectivity index (χ0) is 17.7. The molecule has 2 aromatic rings. The van der Waals surface area contributed by atoms with Gasteiger partial charge in [-0.25, -0.2) is 4.98 Å². The number of benzene rings is 1. The first-order valence-electron chi connectivity index (χ1n) is 7.66. The van der Waals surface area contributed by atoms with Crippen LogP contribution in [0.15, 0.2) is 30.0 Å². The van der Waals surface area contributed by atoms with Gasteiger partial charge in [0.2, 0.25) is 5.91 Å². The van der Waals surface area contributed by atoms with Gasteiger partial charge in [0.05, 0.1) is 24.1 Å². The molecule has 0 spiro atoms. The average molecular weight is 327 g/mol. The summed E-state index contributed by atoms with van der Waals surface area (Å²) in [6.07, 6.45) is 0. The maximum absolute atomic E-state index is 11.7. The minimum atomic E-state index is -0.137. The second-order valence-corrected chi connectivity index (χ2v) is 5.93. The Kier molecular flexibility index (Phi) is 5.55. The number of aliphatic hydroxyl groups is 1. The molecular formula is C17H21N5O2. The van der Waals surface area contributed by atoms with Crippen molar-refractivity contribution in [2.24, 2.45) is 0 Å². The van der Waals surface area contributed by atoms with Crippen molar-refractivity contribution in [3.8, 4) is 6.07 Å². The van der Waals surface area contributed by atoms with Gasteiger partial charge in [-0.2, -0.15) is 5.26 Å². The number of nitrogens with zero attached hydrogens (tertiary/aromatic N) is 3. The summed E-state index contributed by atoms with van der Waals surface area (Å²) in [5.41, 5.74) is 1.58. The van der Waals surface area contributed by atoms with E-state index < -0.39 is 0 Å². The number of aromatic amines is 1. The number of hydrogen-bond donors (Lipinski definition) is 3. The van der Waals surface area contributed by atoms with Crippen LogP contribution in [0.4, 0.5) is 0 Å². The van der Waals surface area contributed by atoms with Gasteiger partial charge in [-0.3, -0.25) is 9.69 Å². The summed E-state index contributed by atoms with van der Waals surface area (Å²) >= 11 is 0. The van der Waals surface area contributed by atoms with Gasteiger partial charge in [0.25, 0.3) is 0 Å². The Balaban J connectivity index is 2.15. The van der Waals surface area contributed by atoms with Crippen LogP contribution >= 0.6 is 0 Å². The number of likely N-dealkylation sites (N-methyl/N-ethyl adjacent to an activating group) is 1. The quantitative estimate of drug-likeness (QED) is 0.554. The van der Waals surface area contributed by atoms with Crippen LogP contribution in [0.1, 0.15) is 19.7 Å². The number of amides is 1. The molecule has 1 amide bonds. The molecule has 7 nitrogen and oxygen atoms in total. The average Bonchev–Trinajstić information content (AvgIpc) is 2.89. The van der Waals surface area contributed by atoms with Gasteiger partial charge in [-0.05, 0) is 33.0 Å². The van der Waals surface area contributed by atoms with Crippen LogP contribution in [0, 0.1) is 11.3 Å². The molecular weight excluding hydrogens is 306 g/mol. The predicted molar refractivity (Wildman–Crippen MR) is 92.0 cm³/mol. The molecule has 1 aromatic heterocycles. The minimum Gasteiger partial charge on any atom is -0.509 e. The molecule has 0 aliphatic carbocycles. The zero-order valence-corrected chi connectivity index (χ0v) is 14.0. The topological polar surface area (TPSA) is 105 Å². The van der Waals surface area contributed by atoms with Crippen molar-refractivity contribution < 1.29 is 9.90 Å². The Labute approximate surface area is 140 Å².